The van der Waals surface area contributed by atoms with E-state index in [2.05, 4.69) is 5.92 Å². The van der Waals surface area contributed by atoms with Crippen LogP contribution in [0.15, 0.2) is 0 Å². The second kappa shape index (κ2) is 5.84. The summed E-state index contributed by atoms with van der Waals surface area (Å²) < 4.78 is 34.8. The molecule has 21 heavy (non-hydrogen) atoms. The normalized spacial score (nSPS) is 49.2. The van der Waals surface area contributed by atoms with E-state index in [1.165, 1.54) is 0 Å². The molecular weight excluding hydrogens is 276 g/mol. The van der Waals surface area contributed by atoms with E-state index in [1.807, 2.05) is 20.8 Å². The average molecular weight is 298 g/mol. The number of hydrogen-bond acceptors (Lipinski definition) is 6. The Bertz CT molecular complexity index is 421. The van der Waals surface area contributed by atoms with Crippen LogP contribution in [0.25, 0.3) is 0 Å². The van der Waals surface area contributed by atoms with Crippen LogP contribution in [-0.4, -0.2) is 56.0 Å². The summed E-state index contributed by atoms with van der Waals surface area (Å²) in [7, 11) is 0. The lowest BCUT2D eigenvalue weighted by molar-refractivity contribution is -0.238. The van der Waals surface area contributed by atoms with Crippen LogP contribution in [0.4, 0.5) is 0 Å². The molecule has 0 radical (unpaired) electrons. The largest absolute Gasteiger partial charge is 0.360 e. The van der Waals surface area contributed by atoms with Crippen LogP contribution in [0.1, 0.15) is 27.2 Å². The molecule has 0 bridgehead atoms. The molecule has 6 heteroatoms. The lowest BCUT2D eigenvalue weighted by atomic mass is 10.1. The van der Waals surface area contributed by atoms with Gasteiger partial charge in [-0.2, -0.15) is 0 Å². The molecule has 3 fully saturated rings. The summed E-state index contributed by atoms with van der Waals surface area (Å²) in [6.07, 6.45) is 4.21. The number of rotatable bonds is 4. The lowest BCUT2D eigenvalue weighted by Crippen LogP contribution is -2.44. The maximum atomic E-state index is 6.01. The van der Waals surface area contributed by atoms with Gasteiger partial charge in [0.15, 0.2) is 18.4 Å². The second-order valence-corrected chi connectivity index (χ2v) is 5.71. The van der Waals surface area contributed by atoms with Crippen molar-refractivity contribution in [3.8, 4) is 12.3 Å². The van der Waals surface area contributed by atoms with Crippen molar-refractivity contribution in [2.24, 2.45) is 0 Å². The minimum absolute atomic E-state index is 0.197. The van der Waals surface area contributed by atoms with Gasteiger partial charge in [-0.25, -0.2) is 0 Å². The molecule has 0 spiro atoms. The van der Waals surface area contributed by atoms with E-state index in [9.17, 15) is 0 Å². The average Bonchev–Trinajstić information content (AvgIpc) is 3.10. The minimum Gasteiger partial charge on any atom is -0.360 e. The molecule has 3 heterocycles. The Morgan fingerprint density at radius 3 is 2.71 bits per heavy atom. The number of fused-ring (bicyclic) bond motifs is 1. The molecule has 0 N–H and O–H groups in total. The molecule has 0 saturated carbocycles. The van der Waals surface area contributed by atoms with E-state index >= 15 is 0 Å². The van der Waals surface area contributed by atoms with E-state index in [-0.39, 0.29) is 37.3 Å². The predicted molar refractivity (Wildman–Crippen MR) is 72.2 cm³/mol. The molecule has 3 aliphatic heterocycles. The molecular formula is C15H22O6. The van der Waals surface area contributed by atoms with Gasteiger partial charge in [0.2, 0.25) is 0 Å². The summed E-state index contributed by atoms with van der Waals surface area (Å²) in [4.78, 5) is 0. The Morgan fingerprint density at radius 1 is 1.29 bits per heavy atom. The van der Waals surface area contributed by atoms with Crippen LogP contribution in [0.2, 0.25) is 0 Å². The van der Waals surface area contributed by atoms with Gasteiger partial charge in [-0.1, -0.05) is 12.8 Å². The van der Waals surface area contributed by atoms with E-state index in [0.29, 0.717) is 6.61 Å². The maximum absolute atomic E-state index is 6.01. The van der Waals surface area contributed by atoms with Gasteiger partial charge in [0, 0.05) is 0 Å². The fraction of sp³-hybridized carbons (Fsp3) is 0.867. The van der Waals surface area contributed by atoms with Crippen LogP contribution in [0, 0.1) is 12.3 Å². The van der Waals surface area contributed by atoms with Gasteiger partial charge >= 0.3 is 0 Å². The lowest BCUT2D eigenvalue weighted by Gasteiger charge is -2.29. The molecule has 6 nitrogen and oxygen atoms in total. The first-order valence-corrected chi connectivity index (χ1v) is 7.39. The predicted octanol–water partition coefficient (Wildman–Crippen LogP) is 1.03. The van der Waals surface area contributed by atoms with Gasteiger partial charge in [-0.15, -0.1) is 6.42 Å². The smallest absolute Gasteiger partial charge is 0.190 e. The van der Waals surface area contributed by atoms with Crippen molar-refractivity contribution < 1.29 is 28.4 Å². The Kier molecular flexibility index (Phi) is 4.23. The van der Waals surface area contributed by atoms with Crippen LogP contribution in [0.5, 0.6) is 0 Å². The molecule has 3 rings (SSSR count). The van der Waals surface area contributed by atoms with Gasteiger partial charge in [-0.05, 0) is 20.3 Å². The van der Waals surface area contributed by atoms with E-state index < -0.39 is 12.1 Å². The monoisotopic (exact) mass is 298 g/mol. The summed E-state index contributed by atoms with van der Waals surface area (Å²) in [6.45, 7) is 6.42. The SMILES string of the molecule is C#CCO[C@H]1[C@@H](C2COC(C)O2)OC2OC(C)(CC)O[C@@H]21. The first-order chi connectivity index (χ1) is 10.1. The molecule has 118 valence electrons. The summed E-state index contributed by atoms with van der Waals surface area (Å²) in [5.41, 5.74) is 0. The molecule has 0 amide bonds. The van der Waals surface area contributed by atoms with E-state index in [4.69, 9.17) is 34.8 Å². The highest BCUT2D eigenvalue weighted by Gasteiger charge is 2.58. The van der Waals surface area contributed by atoms with Gasteiger partial charge in [0.25, 0.3) is 0 Å². The highest BCUT2D eigenvalue weighted by atomic mass is 16.8. The van der Waals surface area contributed by atoms with Crippen molar-refractivity contribution in [3.63, 3.8) is 0 Å². The van der Waals surface area contributed by atoms with Crippen LogP contribution >= 0.6 is 0 Å². The molecule has 0 aliphatic carbocycles. The third kappa shape index (κ3) is 2.82. The fourth-order valence-corrected chi connectivity index (χ4v) is 2.96. The molecule has 0 aromatic rings. The first-order valence-electron chi connectivity index (χ1n) is 7.39. The van der Waals surface area contributed by atoms with Crippen molar-refractivity contribution in [3.05, 3.63) is 0 Å². The fourth-order valence-electron chi connectivity index (χ4n) is 2.96. The molecule has 0 aromatic carbocycles. The summed E-state index contributed by atoms with van der Waals surface area (Å²) >= 11 is 0. The highest BCUT2D eigenvalue weighted by molar-refractivity contribution is 4.99. The van der Waals surface area contributed by atoms with Crippen molar-refractivity contribution in [1.82, 2.24) is 0 Å². The van der Waals surface area contributed by atoms with Gasteiger partial charge in [0.05, 0.1) is 6.61 Å². The van der Waals surface area contributed by atoms with Crippen molar-refractivity contribution in [2.45, 2.75) is 70.0 Å². The van der Waals surface area contributed by atoms with E-state index in [1.54, 1.807) is 0 Å². The number of hydrogen-bond donors (Lipinski definition) is 0. The van der Waals surface area contributed by atoms with Gasteiger partial charge in [-0.3, -0.25) is 0 Å². The molecule has 7 atom stereocenters. The van der Waals surface area contributed by atoms with Gasteiger partial charge in [0.1, 0.15) is 31.0 Å². The molecule has 4 unspecified atom stereocenters. The Labute approximate surface area is 125 Å². The van der Waals surface area contributed by atoms with Crippen LogP contribution in [-0.2, 0) is 28.4 Å². The third-order valence-corrected chi connectivity index (χ3v) is 4.19. The zero-order valence-electron chi connectivity index (χ0n) is 12.6. The van der Waals surface area contributed by atoms with Crippen molar-refractivity contribution in [1.29, 1.82) is 0 Å². The van der Waals surface area contributed by atoms with Crippen molar-refractivity contribution >= 4 is 0 Å². The Morgan fingerprint density at radius 2 is 2.10 bits per heavy atom. The molecule has 3 saturated heterocycles. The van der Waals surface area contributed by atoms with Gasteiger partial charge < -0.3 is 28.4 Å². The maximum Gasteiger partial charge on any atom is 0.190 e. The molecule has 3 aliphatic rings. The molecule has 0 aromatic heterocycles. The summed E-state index contributed by atoms with van der Waals surface area (Å²) in [6, 6.07) is 0. The number of ether oxygens (including phenoxy) is 6. The third-order valence-electron chi connectivity index (χ3n) is 4.19. The van der Waals surface area contributed by atoms with E-state index in [0.717, 1.165) is 6.42 Å². The summed E-state index contributed by atoms with van der Waals surface area (Å²) in [5, 5.41) is 0. The van der Waals surface area contributed by atoms with Crippen LogP contribution in [0.3, 0.4) is 0 Å². The zero-order valence-corrected chi connectivity index (χ0v) is 12.6. The summed E-state index contributed by atoms with van der Waals surface area (Å²) in [5.74, 6) is 1.84. The minimum atomic E-state index is -0.640. The Balaban J connectivity index is 1.73. The van der Waals surface area contributed by atoms with Crippen LogP contribution < -0.4 is 0 Å². The zero-order chi connectivity index (χ0) is 15.0. The highest BCUT2D eigenvalue weighted by Crippen LogP contribution is 2.42. The van der Waals surface area contributed by atoms with Crippen molar-refractivity contribution in [2.75, 3.05) is 13.2 Å². The first kappa shape index (κ1) is 15.2. The number of terminal acetylenes is 1. The Hall–Kier alpha value is -0.680. The topological polar surface area (TPSA) is 55.4 Å². The standard InChI is InChI=1S/C15H22O6/c1-5-7-16-12-11(10-8-17-9(3)18-10)19-14-13(12)20-15(4,6-2)21-14/h1,9-14H,6-8H2,2-4H3/t9?,10?,11-,12+,13-,14?,15?/m1/s1. The quantitative estimate of drug-likeness (QED) is 0.723. The second-order valence-electron chi connectivity index (χ2n) is 5.71.